The summed E-state index contributed by atoms with van der Waals surface area (Å²) in [6.45, 7) is 0.893. The summed E-state index contributed by atoms with van der Waals surface area (Å²) in [5.74, 6) is 1.89. The highest BCUT2D eigenvalue weighted by atomic mass is 16.5. The SMILES string of the molecule is CNCCC(c1cnccc1OC)c1c[nH]c2cccc(OC)c12. The average molecular weight is 325 g/mol. The molecule has 0 radical (unpaired) electrons. The lowest BCUT2D eigenvalue weighted by atomic mass is 9.88. The van der Waals surface area contributed by atoms with Crippen LogP contribution in [0.25, 0.3) is 10.9 Å². The number of nitrogens with one attached hydrogen (secondary N) is 2. The van der Waals surface area contributed by atoms with Crippen molar-refractivity contribution in [2.24, 2.45) is 0 Å². The molecule has 5 nitrogen and oxygen atoms in total. The second kappa shape index (κ2) is 7.36. The van der Waals surface area contributed by atoms with E-state index in [1.54, 1.807) is 20.4 Å². The van der Waals surface area contributed by atoms with Crippen LogP contribution in [0.15, 0.2) is 42.9 Å². The summed E-state index contributed by atoms with van der Waals surface area (Å²) < 4.78 is 11.2. The number of ether oxygens (including phenoxy) is 2. The number of hydrogen-bond acceptors (Lipinski definition) is 4. The van der Waals surface area contributed by atoms with E-state index in [4.69, 9.17) is 9.47 Å². The maximum absolute atomic E-state index is 5.59. The van der Waals surface area contributed by atoms with Crippen LogP contribution < -0.4 is 14.8 Å². The fraction of sp³-hybridized carbons (Fsp3) is 0.316. The molecule has 0 spiro atoms. The number of hydrogen-bond donors (Lipinski definition) is 2. The molecule has 2 N–H and O–H groups in total. The van der Waals surface area contributed by atoms with Gasteiger partial charge in [0, 0.05) is 41.0 Å². The third-order valence-corrected chi connectivity index (χ3v) is 4.38. The molecular weight excluding hydrogens is 302 g/mol. The monoisotopic (exact) mass is 325 g/mol. The normalized spacial score (nSPS) is 12.3. The van der Waals surface area contributed by atoms with Gasteiger partial charge in [-0.25, -0.2) is 0 Å². The predicted molar refractivity (Wildman–Crippen MR) is 96.0 cm³/mol. The van der Waals surface area contributed by atoms with Crippen molar-refractivity contribution in [1.82, 2.24) is 15.3 Å². The second-order valence-corrected chi connectivity index (χ2v) is 5.69. The van der Waals surface area contributed by atoms with E-state index in [0.717, 1.165) is 40.9 Å². The van der Waals surface area contributed by atoms with Gasteiger partial charge in [0.25, 0.3) is 0 Å². The smallest absolute Gasteiger partial charge is 0.128 e. The van der Waals surface area contributed by atoms with Crippen molar-refractivity contribution < 1.29 is 9.47 Å². The minimum atomic E-state index is 0.158. The lowest BCUT2D eigenvalue weighted by Crippen LogP contribution is -2.14. The molecule has 0 fully saturated rings. The van der Waals surface area contributed by atoms with Gasteiger partial charge in [0.05, 0.1) is 14.2 Å². The maximum atomic E-state index is 5.59. The third-order valence-electron chi connectivity index (χ3n) is 4.38. The van der Waals surface area contributed by atoms with Crippen molar-refractivity contribution in [2.45, 2.75) is 12.3 Å². The molecule has 24 heavy (non-hydrogen) atoms. The van der Waals surface area contributed by atoms with E-state index in [0.29, 0.717) is 0 Å². The van der Waals surface area contributed by atoms with E-state index >= 15 is 0 Å². The molecule has 0 amide bonds. The van der Waals surface area contributed by atoms with Gasteiger partial charge in [0.2, 0.25) is 0 Å². The van der Waals surface area contributed by atoms with Crippen LogP contribution >= 0.6 is 0 Å². The number of pyridine rings is 1. The van der Waals surface area contributed by atoms with Crippen LogP contribution in [-0.2, 0) is 0 Å². The summed E-state index contributed by atoms with van der Waals surface area (Å²) in [7, 11) is 5.37. The average Bonchev–Trinajstić information content (AvgIpc) is 3.06. The Morgan fingerprint density at radius 1 is 1.12 bits per heavy atom. The second-order valence-electron chi connectivity index (χ2n) is 5.69. The molecule has 5 heteroatoms. The number of benzene rings is 1. The molecule has 3 rings (SSSR count). The largest absolute Gasteiger partial charge is 0.496 e. The van der Waals surface area contributed by atoms with E-state index in [1.165, 1.54) is 5.56 Å². The van der Waals surface area contributed by atoms with Gasteiger partial charge in [-0.1, -0.05) is 6.07 Å². The number of aromatic amines is 1. The van der Waals surface area contributed by atoms with Gasteiger partial charge in [-0.05, 0) is 43.8 Å². The van der Waals surface area contributed by atoms with Gasteiger partial charge in [-0.2, -0.15) is 0 Å². The van der Waals surface area contributed by atoms with Gasteiger partial charge >= 0.3 is 0 Å². The van der Waals surface area contributed by atoms with Crippen LogP contribution in [0.1, 0.15) is 23.5 Å². The minimum absolute atomic E-state index is 0.158. The molecule has 2 heterocycles. The van der Waals surface area contributed by atoms with E-state index in [9.17, 15) is 0 Å². The van der Waals surface area contributed by atoms with Crippen molar-refractivity contribution in [1.29, 1.82) is 0 Å². The molecule has 2 aromatic heterocycles. The van der Waals surface area contributed by atoms with Crippen molar-refractivity contribution in [3.8, 4) is 11.5 Å². The van der Waals surface area contributed by atoms with Crippen molar-refractivity contribution in [3.05, 3.63) is 54.0 Å². The van der Waals surface area contributed by atoms with Gasteiger partial charge in [-0.3, -0.25) is 4.98 Å². The first-order chi connectivity index (χ1) is 11.8. The van der Waals surface area contributed by atoms with E-state index in [1.807, 2.05) is 31.4 Å². The number of methoxy groups -OCH3 is 2. The molecule has 0 saturated heterocycles. The molecule has 1 atom stereocenters. The Morgan fingerprint density at radius 2 is 1.96 bits per heavy atom. The summed E-state index contributed by atoms with van der Waals surface area (Å²) in [6, 6.07) is 7.97. The first kappa shape index (κ1) is 16.3. The number of H-pyrrole nitrogens is 1. The fourth-order valence-electron chi connectivity index (χ4n) is 3.23. The van der Waals surface area contributed by atoms with Crippen molar-refractivity contribution in [2.75, 3.05) is 27.8 Å². The van der Waals surface area contributed by atoms with Crippen molar-refractivity contribution in [3.63, 3.8) is 0 Å². The summed E-state index contributed by atoms with van der Waals surface area (Å²) in [4.78, 5) is 7.68. The highest BCUT2D eigenvalue weighted by molar-refractivity contribution is 5.90. The van der Waals surface area contributed by atoms with E-state index in [-0.39, 0.29) is 5.92 Å². The minimum Gasteiger partial charge on any atom is -0.496 e. The molecule has 126 valence electrons. The fourth-order valence-corrected chi connectivity index (χ4v) is 3.23. The van der Waals surface area contributed by atoms with Gasteiger partial charge in [0.1, 0.15) is 11.5 Å². The first-order valence-electron chi connectivity index (χ1n) is 8.06. The summed E-state index contributed by atoms with van der Waals surface area (Å²) in [5.41, 5.74) is 3.35. The van der Waals surface area contributed by atoms with Gasteiger partial charge < -0.3 is 19.8 Å². The zero-order chi connectivity index (χ0) is 16.9. The Hall–Kier alpha value is -2.53. The molecule has 0 aliphatic rings. The van der Waals surface area contributed by atoms with Crippen LogP contribution in [0.2, 0.25) is 0 Å². The standard InChI is InChI=1S/C19H23N3O2/c1-20-9-7-13(14-11-21-10-8-17(14)23-2)15-12-22-16-5-4-6-18(24-3)19(15)16/h4-6,8,10-13,20,22H,7,9H2,1-3H3. The highest BCUT2D eigenvalue weighted by Gasteiger charge is 2.23. The van der Waals surface area contributed by atoms with Crippen LogP contribution in [0.3, 0.4) is 0 Å². The summed E-state index contributed by atoms with van der Waals surface area (Å²) in [6.07, 6.45) is 6.66. The van der Waals surface area contributed by atoms with Gasteiger partial charge in [-0.15, -0.1) is 0 Å². The van der Waals surface area contributed by atoms with Gasteiger partial charge in [0.15, 0.2) is 0 Å². The summed E-state index contributed by atoms with van der Waals surface area (Å²) in [5, 5.41) is 4.36. The molecule has 0 bridgehead atoms. The van der Waals surface area contributed by atoms with E-state index < -0.39 is 0 Å². The highest BCUT2D eigenvalue weighted by Crippen LogP contribution is 2.40. The molecule has 0 aliphatic heterocycles. The van der Waals surface area contributed by atoms with Crippen LogP contribution in [0.4, 0.5) is 0 Å². The molecular formula is C19H23N3O2. The Labute approximate surface area is 142 Å². The zero-order valence-corrected chi connectivity index (χ0v) is 14.3. The molecule has 0 aliphatic carbocycles. The zero-order valence-electron chi connectivity index (χ0n) is 14.3. The Balaban J connectivity index is 2.16. The molecule has 1 unspecified atom stereocenters. The van der Waals surface area contributed by atoms with E-state index in [2.05, 4.69) is 27.5 Å². The number of aromatic nitrogens is 2. The Bertz CT molecular complexity index is 813. The lowest BCUT2D eigenvalue weighted by Gasteiger charge is -2.20. The number of fused-ring (bicyclic) bond motifs is 1. The maximum Gasteiger partial charge on any atom is 0.128 e. The Kier molecular flexibility index (Phi) is 5.01. The van der Waals surface area contributed by atoms with Crippen LogP contribution in [-0.4, -0.2) is 37.8 Å². The molecule has 3 aromatic rings. The quantitative estimate of drug-likeness (QED) is 0.699. The van der Waals surface area contributed by atoms with Crippen LogP contribution in [0, 0.1) is 0 Å². The Morgan fingerprint density at radius 3 is 2.71 bits per heavy atom. The van der Waals surface area contributed by atoms with Crippen molar-refractivity contribution >= 4 is 10.9 Å². The molecule has 0 saturated carbocycles. The topological polar surface area (TPSA) is 59.2 Å². The summed E-state index contributed by atoms with van der Waals surface area (Å²) >= 11 is 0. The van der Waals surface area contributed by atoms with Crippen LogP contribution in [0.5, 0.6) is 11.5 Å². The lowest BCUT2D eigenvalue weighted by molar-refractivity contribution is 0.405. The number of rotatable bonds is 7. The predicted octanol–water partition coefficient (Wildman–Crippen LogP) is 3.32. The first-order valence-corrected chi connectivity index (χ1v) is 8.06. The number of nitrogens with zero attached hydrogens (tertiary/aromatic N) is 1. The molecule has 1 aromatic carbocycles. The third kappa shape index (κ3) is 2.95.